The molecule has 0 spiro atoms. The Morgan fingerprint density at radius 2 is 2.44 bits per heavy atom. The van der Waals surface area contributed by atoms with Gasteiger partial charge in [-0.3, -0.25) is 4.90 Å². The van der Waals surface area contributed by atoms with E-state index < -0.39 is 0 Å². The zero-order valence-electron chi connectivity index (χ0n) is 10.8. The van der Waals surface area contributed by atoms with Gasteiger partial charge in [0.1, 0.15) is 5.65 Å². The maximum Gasteiger partial charge on any atom is 0.137 e. The Hall–Kier alpha value is -1.39. The van der Waals surface area contributed by atoms with Crippen molar-refractivity contribution in [3.05, 3.63) is 36.3 Å². The van der Waals surface area contributed by atoms with Crippen LogP contribution in [0, 0.1) is 0 Å². The second kappa shape index (κ2) is 5.08. The lowest BCUT2D eigenvalue weighted by Gasteiger charge is -2.19. The van der Waals surface area contributed by atoms with Gasteiger partial charge in [0.15, 0.2) is 0 Å². The summed E-state index contributed by atoms with van der Waals surface area (Å²) < 4.78 is 2.08. The molecule has 1 aliphatic rings. The van der Waals surface area contributed by atoms with E-state index in [1.165, 1.54) is 19.4 Å². The van der Waals surface area contributed by atoms with Gasteiger partial charge in [-0.1, -0.05) is 6.07 Å². The lowest BCUT2D eigenvalue weighted by molar-refractivity contribution is 0.290. The molecule has 0 radical (unpaired) electrons. The molecule has 0 aliphatic carbocycles. The molecule has 0 saturated carbocycles. The number of likely N-dealkylation sites (N-methyl/N-ethyl adjacent to an activating group) is 1. The van der Waals surface area contributed by atoms with Crippen LogP contribution < -0.4 is 5.32 Å². The van der Waals surface area contributed by atoms with Crippen molar-refractivity contribution in [1.29, 1.82) is 0 Å². The van der Waals surface area contributed by atoms with Crippen molar-refractivity contribution >= 4 is 5.65 Å². The summed E-state index contributed by atoms with van der Waals surface area (Å²) in [6, 6.07) is 6.76. The molecule has 1 unspecified atom stereocenters. The second-order valence-electron chi connectivity index (χ2n) is 5.19. The number of fused-ring (bicyclic) bond motifs is 1. The minimum atomic E-state index is 0.659. The van der Waals surface area contributed by atoms with Crippen molar-refractivity contribution in [3.63, 3.8) is 0 Å². The maximum atomic E-state index is 4.63. The highest BCUT2D eigenvalue weighted by Crippen LogP contribution is 2.10. The first-order valence-electron chi connectivity index (χ1n) is 6.66. The molecule has 3 rings (SSSR count). The predicted molar refractivity (Wildman–Crippen MR) is 72.6 cm³/mol. The van der Waals surface area contributed by atoms with Crippen LogP contribution in [0.2, 0.25) is 0 Å². The quantitative estimate of drug-likeness (QED) is 0.885. The lowest BCUT2D eigenvalue weighted by Crippen LogP contribution is -2.35. The van der Waals surface area contributed by atoms with Gasteiger partial charge in [0.25, 0.3) is 0 Å². The number of hydrogen-bond acceptors (Lipinski definition) is 3. The smallest absolute Gasteiger partial charge is 0.137 e. The standard InChI is InChI=1S/C14H20N4/c1-17(9-12-5-4-7-15-12)10-13-11-18-8-3-2-6-14(18)16-13/h2-3,6,8,11-12,15H,4-5,7,9-10H2,1H3. The van der Waals surface area contributed by atoms with Gasteiger partial charge in [0, 0.05) is 31.5 Å². The highest BCUT2D eigenvalue weighted by Gasteiger charge is 2.16. The van der Waals surface area contributed by atoms with E-state index in [1.807, 2.05) is 24.4 Å². The number of rotatable bonds is 4. The molecule has 4 nitrogen and oxygen atoms in total. The van der Waals surface area contributed by atoms with E-state index in [0.29, 0.717) is 6.04 Å². The van der Waals surface area contributed by atoms with Gasteiger partial charge in [-0.25, -0.2) is 4.98 Å². The zero-order chi connectivity index (χ0) is 12.4. The highest BCUT2D eigenvalue weighted by molar-refractivity contribution is 5.39. The van der Waals surface area contributed by atoms with Gasteiger partial charge in [0.05, 0.1) is 5.69 Å². The van der Waals surface area contributed by atoms with Crippen molar-refractivity contribution in [2.24, 2.45) is 0 Å². The Morgan fingerprint density at radius 3 is 3.22 bits per heavy atom. The number of hydrogen-bond donors (Lipinski definition) is 1. The largest absolute Gasteiger partial charge is 0.313 e. The van der Waals surface area contributed by atoms with E-state index in [0.717, 1.165) is 24.4 Å². The predicted octanol–water partition coefficient (Wildman–Crippen LogP) is 1.52. The minimum Gasteiger partial charge on any atom is -0.313 e. The number of nitrogens with zero attached hydrogens (tertiary/aromatic N) is 3. The zero-order valence-corrected chi connectivity index (χ0v) is 10.8. The van der Waals surface area contributed by atoms with Crippen LogP contribution in [0.5, 0.6) is 0 Å². The SMILES string of the molecule is CN(Cc1cn2ccccc2n1)CC1CCCN1. The van der Waals surface area contributed by atoms with Crippen LogP contribution in [0.1, 0.15) is 18.5 Å². The summed E-state index contributed by atoms with van der Waals surface area (Å²) in [5.74, 6) is 0. The van der Waals surface area contributed by atoms with Gasteiger partial charge in [-0.05, 0) is 38.6 Å². The van der Waals surface area contributed by atoms with Crippen LogP contribution in [0.15, 0.2) is 30.6 Å². The van der Waals surface area contributed by atoms with Gasteiger partial charge in [-0.2, -0.15) is 0 Å². The van der Waals surface area contributed by atoms with E-state index >= 15 is 0 Å². The molecule has 1 fully saturated rings. The highest BCUT2D eigenvalue weighted by atomic mass is 15.1. The third-order valence-electron chi connectivity index (χ3n) is 3.54. The normalized spacial score (nSPS) is 20.0. The Morgan fingerprint density at radius 1 is 1.50 bits per heavy atom. The Balaban J connectivity index is 1.64. The van der Waals surface area contributed by atoms with Crippen LogP contribution in [-0.4, -0.2) is 40.5 Å². The molecule has 0 aromatic carbocycles. The van der Waals surface area contributed by atoms with E-state index in [4.69, 9.17) is 0 Å². The van der Waals surface area contributed by atoms with Crippen molar-refractivity contribution in [2.45, 2.75) is 25.4 Å². The summed E-state index contributed by atoms with van der Waals surface area (Å²) in [7, 11) is 2.17. The summed E-state index contributed by atoms with van der Waals surface area (Å²) in [6.07, 6.45) is 6.78. The summed E-state index contributed by atoms with van der Waals surface area (Å²) in [4.78, 5) is 6.98. The van der Waals surface area contributed by atoms with Crippen molar-refractivity contribution < 1.29 is 0 Å². The summed E-state index contributed by atoms with van der Waals surface area (Å²) in [6.45, 7) is 3.20. The first-order chi connectivity index (χ1) is 8.81. The summed E-state index contributed by atoms with van der Waals surface area (Å²) >= 11 is 0. The van der Waals surface area contributed by atoms with E-state index in [-0.39, 0.29) is 0 Å². The third kappa shape index (κ3) is 2.54. The average Bonchev–Trinajstić information content (AvgIpc) is 2.96. The fourth-order valence-corrected chi connectivity index (χ4v) is 2.69. The number of pyridine rings is 1. The Labute approximate surface area is 108 Å². The van der Waals surface area contributed by atoms with Crippen LogP contribution in [-0.2, 0) is 6.54 Å². The molecule has 1 N–H and O–H groups in total. The molecule has 2 aromatic rings. The molecule has 0 bridgehead atoms. The Bertz CT molecular complexity index is 480. The molecule has 1 aliphatic heterocycles. The molecule has 96 valence electrons. The molecule has 0 amide bonds. The molecule has 2 aromatic heterocycles. The number of nitrogens with one attached hydrogen (secondary N) is 1. The van der Waals surface area contributed by atoms with Crippen LogP contribution >= 0.6 is 0 Å². The molecular weight excluding hydrogens is 224 g/mol. The van der Waals surface area contributed by atoms with Gasteiger partial charge in [0.2, 0.25) is 0 Å². The molecule has 18 heavy (non-hydrogen) atoms. The fourth-order valence-electron chi connectivity index (χ4n) is 2.69. The number of imidazole rings is 1. The Kier molecular flexibility index (Phi) is 3.30. The van der Waals surface area contributed by atoms with Crippen LogP contribution in [0.25, 0.3) is 5.65 Å². The molecule has 1 saturated heterocycles. The molecule has 3 heterocycles. The van der Waals surface area contributed by atoms with Gasteiger partial charge in [-0.15, -0.1) is 0 Å². The van der Waals surface area contributed by atoms with E-state index in [1.54, 1.807) is 0 Å². The summed E-state index contributed by atoms with van der Waals surface area (Å²) in [5.41, 5.74) is 2.17. The number of aromatic nitrogens is 2. The average molecular weight is 244 g/mol. The van der Waals surface area contributed by atoms with Gasteiger partial charge >= 0.3 is 0 Å². The summed E-state index contributed by atoms with van der Waals surface area (Å²) in [5, 5.41) is 3.53. The maximum absolute atomic E-state index is 4.63. The van der Waals surface area contributed by atoms with E-state index in [2.05, 4.69) is 32.8 Å². The minimum absolute atomic E-state index is 0.659. The third-order valence-corrected chi connectivity index (χ3v) is 3.54. The topological polar surface area (TPSA) is 32.6 Å². The van der Waals surface area contributed by atoms with Crippen molar-refractivity contribution in [1.82, 2.24) is 19.6 Å². The van der Waals surface area contributed by atoms with Crippen molar-refractivity contribution in [2.75, 3.05) is 20.1 Å². The molecular formula is C14H20N4. The van der Waals surface area contributed by atoms with Gasteiger partial charge < -0.3 is 9.72 Å². The first kappa shape index (κ1) is 11.7. The fraction of sp³-hybridized carbons (Fsp3) is 0.500. The second-order valence-corrected chi connectivity index (χ2v) is 5.19. The first-order valence-corrected chi connectivity index (χ1v) is 6.66. The molecule has 4 heteroatoms. The molecule has 1 atom stereocenters. The van der Waals surface area contributed by atoms with Crippen LogP contribution in [0.4, 0.5) is 0 Å². The lowest BCUT2D eigenvalue weighted by atomic mass is 10.2. The van der Waals surface area contributed by atoms with Crippen LogP contribution in [0.3, 0.4) is 0 Å². The monoisotopic (exact) mass is 244 g/mol. The van der Waals surface area contributed by atoms with Crippen molar-refractivity contribution in [3.8, 4) is 0 Å². The van der Waals surface area contributed by atoms with E-state index in [9.17, 15) is 0 Å².